The number of imidazole rings is 1. The topological polar surface area (TPSA) is 74.5 Å². The van der Waals surface area contributed by atoms with Crippen molar-refractivity contribution < 1.29 is 4.79 Å². The van der Waals surface area contributed by atoms with E-state index in [-0.39, 0.29) is 29.9 Å². The molecule has 1 aromatic carbocycles. The number of guanidine groups is 1. The number of hydrogen-bond acceptors (Lipinski definition) is 3. The Morgan fingerprint density at radius 1 is 1.18 bits per heavy atom. The smallest absolute Gasteiger partial charge is 0.224 e. The van der Waals surface area contributed by atoms with Crippen LogP contribution in [0.5, 0.6) is 0 Å². The molecule has 0 spiro atoms. The SMILES string of the molecule is CCNC(=NCc1ccccc1-n1ccnc1)NCCC(=O)N(CC)CC.I. The number of aliphatic imine (C=N–C) groups is 1. The molecule has 0 aliphatic carbocycles. The summed E-state index contributed by atoms with van der Waals surface area (Å²) in [5.41, 5.74) is 2.17. The highest BCUT2D eigenvalue weighted by Gasteiger charge is 2.09. The summed E-state index contributed by atoms with van der Waals surface area (Å²) in [6, 6.07) is 8.13. The minimum Gasteiger partial charge on any atom is -0.357 e. The number of halogens is 1. The van der Waals surface area contributed by atoms with Gasteiger partial charge < -0.3 is 20.1 Å². The van der Waals surface area contributed by atoms with Gasteiger partial charge in [0.15, 0.2) is 5.96 Å². The van der Waals surface area contributed by atoms with Gasteiger partial charge in [0, 0.05) is 45.0 Å². The molecule has 1 amide bonds. The van der Waals surface area contributed by atoms with E-state index in [2.05, 4.69) is 32.7 Å². The molecule has 0 aliphatic heterocycles. The van der Waals surface area contributed by atoms with Crippen LogP contribution in [0.4, 0.5) is 0 Å². The highest BCUT2D eigenvalue weighted by atomic mass is 127. The van der Waals surface area contributed by atoms with Gasteiger partial charge in [-0.2, -0.15) is 0 Å². The van der Waals surface area contributed by atoms with Gasteiger partial charge in [-0.1, -0.05) is 18.2 Å². The van der Waals surface area contributed by atoms with E-state index >= 15 is 0 Å². The van der Waals surface area contributed by atoms with Crippen LogP contribution in [0.25, 0.3) is 5.69 Å². The molecule has 1 aromatic heterocycles. The number of nitrogens with zero attached hydrogens (tertiary/aromatic N) is 4. The minimum atomic E-state index is 0. The predicted molar refractivity (Wildman–Crippen MR) is 124 cm³/mol. The molecule has 1 heterocycles. The molecule has 2 aromatic rings. The van der Waals surface area contributed by atoms with E-state index in [1.807, 2.05) is 48.6 Å². The first-order chi connectivity index (χ1) is 13.2. The number of benzene rings is 1. The lowest BCUT2D eigenvalue weighted by Crippen LogP contribution is -2.40. The van der Waals surface area contributed by atoms with Gasteiger partial charge in [0.1, 0.15) is 0 Å². The fourth-order valence-corrected chi connectivity index (χ4v) is 2.83. The van der Waals surface area contributed by atoms with Crippen molar-refractivity contribution in [2.24, 2.45) is 4.99 Å². The van der Waals surface area contributed by atoms with Crippen molar-refractivity contribution >= 4 is 35.8 Å². The third kappa shape index (κ3) is 7.14. The molecule has 0 radical (unpaired) electrons. The molecule has 2 N–H and O–H groups in total. The molecule has 8 heteroatoms. The van der Waals surface area contributed by atoms with Crippen LogP contribution in [0.3, 0.4) is 0 Å². The normalized spacial score (nSPS) is 10.9. The first-order valence-electron chi connectivity index (χ1n) is 9.55. The van der Waals surface area contributed by atoms with E-state index in [9.17, 15) is 4.79 Å². The van der Waals surface area contributed by atoms with Crippen molar-refractivity contribution in [3.8, 4) is 5.69 Å². The quantitative estimate of drug-likeness (QED) is 0.317. The number of para-hydroxylation sites is 1. The highest BCUT2D eigenvalue weighted by molar-refractivity contribution is 14.0. The van der Waals surface area contributed by atoms with Gasteiger partial charge in [-0.15, -0.1) is 24.0 Å². The summed E-state index contributed by atoms with van der Waals surface area (Å²) < 4.78 is 1.98. The van der Waals surface area contributed by atoms with Gasteiger partial charge in [0.05, 0.1) is 18.6 Å². The first kappa shape index (κ1) is 23.9. The molecular weight excluding hydrogens is 467 g/mol. The molecule has 28 heavy (non-hydrogen) atoms. The zero-order chi connectivity index (χ0) is 19.5. The Hall–Kier alpha value is -2.10. The van der Waals surface area contributed by atoms with Crippen molar-refractivity contribution in [2.75, 3.05) is 26.2 Å². The summed E-state index contributed by atoms with van der Waals surface area (Å²) in [6.45, 7) is 9.37. The Kier molecular flexibility index (Phi) is 11.2. The van der Waals surface area contributed by atoms with Crippen LogP contribution >= 0.6 is 24.0 Å². The third-order valence-corrected chi connectivity index (χ3v) is 4.27. The highest BCUT2D eigenvalue weighted by Crippen LogP contribution is 2.14. The van der Waals surface area contributed by atoms with Crippen LogP contribution in [0.2, 0.25) is 0 Å². The van der Waals surface area contributed by atoms with E-state index < -0.39 is 0 Å². The second kappa shape index (κ2) is 13.1. The zero-order valence-corrected chi connectivity index (χ0v) is 19.2. The molecule has 0 saturated heterocycles. The Morgan fingerprint density at radius 3 is 2.57 bits per heavy atom. The number of rotatable bonds is 9. The second-order valence-electron chi connectivity index (χ2n) is 6.04. The monoisotopic (exact) mass is 498 g/mol. The van der Waals surface area contributed by atoms with E-state index in [4.69, 9.17) is 0 Å². The molecule has 0 saturated carbocycles. The second-order valence-corrected chi connectivity index (χ2v) is 6.04. The van der Waals surface area contributed by atoms with Crippen molar-refractivity contribution in [3.05, 3.63) is 48.5 Å². The van der Waals surface area contributed by atoms with E-state index in [1.165, 1.54) is 0 Å². The predicted octanol–water partition coefficient (Wildman–Crippen LogP) is 2.80. The van der Waals surface area contributed by atoms with Crippen LogP contribution in [-0.4, -0.2) is 52.5 Å². The van der Waals surface area contributed by atoms with Crippen LogP contribution in [0.15, 0.2) is 48.0 Å². The van der Waals surface area contributed by atoms with E-state index in [1.54, 1.807) is 12.5 Å². The Bertz CT molecular complexity index is 728. The maximum absolute atomic E-state index is 12.1. The standard InChI is InChI=1S/C20H30N6O.HI/c1-4-22-20(23-12-11-19(27)25(5-2)6-3)24-15-17-9-7-8-10-18(17)26-14-13-21-16-26;/h7-10,13-14,16H,4-6,11-12,15H2,1-3H3,(H2,22,23,24);1H. The van der Waals surface area contributed by atoms with Gasteiger partial charge in [-0.05, 0) is 32.4 Å². The van der Waals surface area contributed by atoms with Crippen molar-refractivity contribution in [3.63, 3.8) is 0 Å². The molecule has 2 rings (SSSR count). The summed E-state index contributed by atoms with van der Waals surface area (Å²) in [5.74, 6) is 0.874. The van der Waals surface area contributed by atoms with Crippen molar-refractivity contribution in [1.29, 1.82) is 0 Å². The summed E-state index contributed by atoms with van der Waals surface area (Å²) in [6.07, 6.45) is 5.92. The van der Waals surface area contributed by atoms with E-state index in [0.717, 1.165) is 30.9 Å². The molecule has 7 nitrogen and oxygen atoms in total. The Labute approximate surface area is 184 Å². The summed E-state index contributed by atoms with van der Waals surface area (Å²) >= 11 is 0. The zero-order valence-electron chi connectivity index (χ0n) is 16.9. The van der Waals surface area contributed by atoms with Crippen LogP contribution in [0, 0.1) is 0 Å². The number of hydrogen-bond donors (Lipinski definition) is 2. The van der Waals surface area contributed by atoms with Gasteiger partial charge >= 0.3 is 0 Å². The lowest BCUT2D eigenvalue weighted by Gasteiger charge is -2.19. The maximum Gasteiger partial charge on any atom is 0.224 e. The van der Waals surface area contributed by atoms with Gasteiger partial charge in [-0.25, -0.2) is 9.98 Å². The average molecular weight is 498 g/mol. The van der Waals surface area contributed by atoms with Gasteiger partial charge in [0.2, 0.25) is 5.91 Å². The first-order valence-corrected chi connectivity index (χ1v) is 9.55. The third-order valence-electron chi connectivity index (χ3n) is 4.27. The molecule has 0 bridgehead atoms. The maximum atomic E-state index is 12.1. The summed E-state index contributed by atoms with van der Waals surface area (Å²) in [7, 11) is 0. The van der Waals surface area contributed by atoms with Crippen LogP contribution < -0.4 is 10.6 Å². The fourth-order valence-electron chi connectivity index (χ4n) is 2.83. The number of aromatic nitrogens is 2. The van der Waals surface area contributed by atoms with Crippen molar-refractivity contribution in [1.82, 2.24) is 25.1 Å². The molecule has 0 fully saturated rings. The Morgan fingerprint density at radius 2 is 1.93 bits per heavy atom. The Balaban J connectivity index is 0.00000392. The number of carbonyl (C=O) groups excluding carboxylic acids is 1. The average Bonchev–Trinajstić information content (AvgIpc) is 3.22. The van der Waals surface area contributed by atoms with Gasteiger partial charge in [-0.3, -0.25) is 4.79 Å². The number of nitrogens with one attached hydrogen (secondary N) is 2. The number of carbonyl (C=O) groups is 1. The molecule has 0 atom stereocenters. The largest absolute Gasteiger partial charge is 0.357 e. The van der Waals surface area contributed by atoms with Crippen LogP contribution in [0.1, 0.15) is 32.8 Å². The van der Waals surface area contributed by atoms with Crippen molar-refractivity contribution in [2.45, 2.75) is 33.7 Å². The summed E-state index contributed by atoms with van der Waals surface area (Å²) in [4.78, 5) is 22.7. The van der Waals surface area contributed by atoms with Gasteiger partial charge in [0.25, 0.3) is 0 Å². The summed E-state index contributed by atoms with van der Waals surface area (Å²) in [5, 5.41) is 6.48. The van der Waals surface area contributed by atoms with E-state index in [0.29, 0.717) is 25.5 Å². The lowest BCUT2D eigenvalue weighted by atomic mass is 10.2. The van der Waals surface area contributed by atoms with Crippen LogP contribution in [-0.2, 0) is 11.3 Å². The number of amides is 1. The minimum absolute atomic E-state index is 0. The lowest BCUT2D eigenvalue weighted by molar-refractivity contribution is -0.130. The molecular formula is C20H31IN6O. The molecule has 0 aliphatic rings. The fraction of sp³-hybridized carbons (Fsp3) is 0.450. The molecule has 154 valence electrons. The molecule has 0 unspecified atom stereocenters.